The minimum atomic E-state index is -0.606. The summed E-state index contributed by atoms with van der Waals surface area (Å²) in [5.74, 6) is -0.0965. The van der Waals surface area contributed by atoms with E-state index in [1.54, 1.807) is 0 Å². The first-order chi connectivity index (χ1) is 13.9. The van der Waals surface area contributed by atoms with Gasteiger partial charge in [-0.1, -0.05) is 38.1 Å². The van der Waals surface area contributed by atoms with Gasteiger partial charge < -0.3 is 14.8 Å². The topological polar surface area (TPSA) is 93.9 Å². The van der Waals surface area contributed by atoms with Crippen LogP contribution in [0.1, 0.15) is 35.3 Å². The molecular weight excluding hydrogens is 374 g/mol. The van der Waals surface area contributed by atoms with Gasteiger partial charge in [0.15, 0.2) is 11.5 Å². The van der Waals surface area contributed by atoms with E-state index in [2.05, 4.69) is 24.1 Å². The fourth-order valence-electron chi connectivity index (χ4n) is 3.04. The zero-order valence-electron chi connectivity index (χ0n) is 17.2. The van der Waals surface area contributed by atoms with Gasteiger partial charge in [0.2, 0.25) is 0 Å². The highest BCUT2D eigenvalue weighted by molar-refractivity contribution is 5.99. The van der Waals surface area contributed by atoms with Crippen LogP contribution in [0, 0.1) is 10.1 Å². The molecule has 8 heteroatoms. The Hall–Kier alpha value is -3.13. The van der Waals surface area contributed by atoms with E-state index in [0.29, 0.717) is 0 Å². The van der Waals surface area contributed by atoms with Gasteiger partial charge >= 0.3 is 0 Å². The summed E-state index contributed by atoms with van der Waals surface area (Å²) in [5.41, 5.74) is 1.67. The van der Waals surface area contributed by atoms with Gasteiger partial charge in [0, 0.05) is 19.2 Å². The first-order valence-electron chi connectivity index (χ1n) is 9.42. The maximum absolute atomic E-state index is 12.7. The van der Waals surface area contributed by atoms with Gasteiger partial charge in [-0.2, -0.15) is 0 Å². The summed E-state index contributed by atoms with van der Waals surface area (Å²) in [6, 6.07) is 10.4. The summed E-state index contributed by atoms with van der Waals surface area (Å²) >= 11 is 0. The third kappa shape index (κ3) is 5.45. The highest BCUT2D eigenvalue weighted by Gasteiger charge is 2.24. The van der Waals surface area contributed by atoms with E-state index in [-0.39, 0.29) is 29.3 Å². The van der Waals surface area contributed by atoms with Crippen LogP contribution in [0.3, 0.4) is 0 Å². The van der Waals surface area contributed by atoms with Gasteiger partial charge in [0.05, 0.1) is 25.2 Å². The first kappa shape index (κ1) is 22.2. The number of carbonyl (C=O) groups is 1. The number of hydrogen-bond donors (Lipinski definition) is 1. The number of nitrogens with zero attached hydrogens (tertiary/aromatic N) is 2. The summed E-state index contributed by atoms with van der Waals surface area (Å²) in [7, 11) is 2.79. The van der Waals surface area contributed by atoms with Crippen molar-refractivity contribution in [2.24, 2.45) is 0 Å². The summed E-state index contributed by atoms with van der Waals surface area (Å²) in [5, 5.41) is 14.2. The Balaban J connectivity index is 2.25. The Labute approximate surface area is 170 Å². The number of hydrogen-bond acceptors (Lipinski definition) is 6. The molecule has 0 aliphatic rings. The summed E-state index contributed by atoms with van der Waals surface area (Å²) in [4.78, 5) is 25.8. The lowest BCUT2D eigenvalue weighted by molar-refractivity contribution is -0.385. The molecule has 0 bridgehead atoms. The molecule has 0 atom stereocenters. The summed E-state index contributed by atoms with van der Waals surface area (Å²) in [6.07, 6.45) is 0. The molecule has 0 spiro atoms. The van der Waals surface area contributed by atoms with Crippen molar-refractivity contribution in [2.45, 2.75) is 26.9 Å². The van der Waals surface area contributed by atoms with Crippen LogP contribution >= 0.6 is 0 Å². The molecule has 156 valence electrons. The lowest BCUT2D eigenvalue weighted by Gasteiger charge is -2.20. The molecule has 0 heterocycles. The number of nitro groups is 1. The van der Waals surface area contributed by atoms with E-state index in [1.165, 1.54) is 26.4 Å². The van der Waals surface area contributed by atoms with Gasteiger partial charge in [-0.3, -0.25) is 19.8 Å². The molecular formula is C21H27N3O5. The van der Waals surface area contributed by atoms with Crippen molar-refractivity contribution in [3.8, 4) is 11.5 Å². The van der Waals surface area contributed by atoms with Crippen molar-refractivity contribution in [3.63, 3.8) is 0 Å². The molecule has 2 aromatic carbocycles. The molecule has 0 aromatic heterocycles. The lowest BCUT2D eigenvalue weighted by atomic mass is 10.1. The van der Waals surface area contributed by atoms with Crippen LogP contribution in [0.15, 0.2) is 36.4 Å². The highest BCUT2D eigenvalue weighted by Crippen LogP contribution is 2.34. The molecule has 0 saturated heterocycles. The zero-order valence-corrected chi connectivity index (χ0v) is 17.2. The van der Waals surface area contributed by atoms with Crippen LogP contribution in [-0.4, -0.2) is 43.0 Å². The van der Waals surface area contributed by atoms with Crippen LogP contribution in [0.2, 0.25) is 0 Å². The molecule has 2 aromatic rings. The number of rotatable bonds is 10. The molecule has 0 unspecified atom stereocenters. The van der Waals surface area contributed by atoms with Crippen LogP contribution in [-0.2, 0) is 13.1 Å². The molecule has 2 rings (SSSR count). The number of amides is 1. The molecule has 29 heavy (non-hydrogen) atoms. The summed E-state index contributed by atoms with van der Waals surface area (Å²) in [6.45, 7) is 7.09. The molecule has 0 radical (unpaired) electrons. The zero-order chi connectivity index (χ0) is 21.4. The Kier molecular flexibility index (Phi) is 7.97. The maximum Gasteiger partial charge on any atom is 0.286 e. The second-order valence-electron chi connectivity index (χ2n) is 6.39. The number of benzene rings is 2. The molecule has 8 nitrogen and oxygen atoms in total. The normalized spacial score (nSPS) is 10.7. The Morgan fingerprint density at radius 3 is 2.21 bits per heavy atom. The minimum absolute atomic E-state index is 0.0751. The van der Waals surface area contributed by atoms with Crippen LogP contribution in [0.25, 0.3) is 0 Å². The second kappa shape index (κ2) is 10.4. The van der Waals surface area contributed by atoms with E-state index < -0.39 is 10.8 Å². The predicted octanol–water partition coefficient (Wildman–Crippen LogP) is 3.38. The lowest BCUT2D eigenvalue weighted by Crippen LogP contribution is -2.26. The average molecular weight is 401 g/mol. The molecule has 1 N–H and O–H groups in total. The van der Waals surface area contributed by atoms with Crippen LogP contribution in [0.5, 0.6) is 11.5 Å². The van der Waals surface area contributed by atoms with E-state index in [4.69, 9.17) is 9.47 Å². The van der Waals surface area contributed by atoms with Crippen LogP contribution in [0.4, 0.5) is 5.69 Å². The fraction of sp³-hybridized carbons (Fsp3) is 0.381. The number of ether oxygens (including phenoxy) is 2. The highest BCUT2D eigenvalue weighted by atomic mass is 16.6. The van der Waals surface area contributed by atoms with Crippen molar-refractivity contribution < 1.29 is 19.2 Å². The van der Waals surface area contributed by atoms with Crippen molar-refractivity contribution in [1.82, 2.24) is 10.2 Å². The number of nitro benzene ring substituents is 1. The molecule has 1 amide bonds. The SMILES string of the molecule is CCN(CC)Cc1ccccc1CNC(=O)c1cc(OC)c(OC)cc1[N+](=O)[O-]. The molecule has 0 aliphatic heterocycles. The maximum atomic E-state index is 12.7. The van der Waals surface area contributed by atoms with Gasteiger partial charge in [-0.25, -0.2) is 0 Å². The number of carbonyl (C=O) groups excluding carboxylic acids is 1. The van der Waals surface area contributed by atoms with Crippen molar-refractivity contribution in [2.75, 3.05) is 27.3 Å². The quantitative estimate of drug-likeness (QED) is 0.484. The average Bonchev–Trinajstić information content (AvgIpc) is 2.75. The van der Waals surface area contributed by atoms with E-state index >= 15 is 0 Å². The summed E-state index contributed by atoms with van der Waals surface area (Å²) < 4.78 is 10.3. The smallest absolute Gasteiger partial charge is 0.286 e. The van der Waals surface area contributed by atoms with Gasteiger partial charge in [0.1, 0.15) is 5.56 Å². The van der Waals surface area contributed by atoms with Crippen LogP contribution < -0.4 is 14.8 Å². The Morgan fingerprint density at radius 1 is 1.07 bits per heavy atom. The third-order valence-electron chi connectivity index (χ3n) is 4.79. The van der Waals surface area contributed by atoms with Gasteiger partial charge in [0.25, 0.3) is 11.6 Å². The standard InChI is InChI=1S/C21H27N3O5/c1-5-23(6-2)14-16-10-8-7-9-15(16)13-22-21(25)17-11-19(28-3)20(29-4)12-18(17)24(26)27/h7-12H,5-6,13-14H2,1-4H3,(H,22,25). The first-order valence-corrected chi connectivity index (χ1v) is 9.42. The molecule has 0 aliphatic carbocycles. The Bertz CT molecular complexity index is 865. The second-order valence-corrected chi connectivity index (χ2v) is 6.39. The van der Waals surface area contributed by atoms with Crippen molar-refractivity contribution in [1.29, 1.82) is 0 Å². The molecule has 0 saturated carbocycles. The van der Waals surface area contributed by atoms with E-state index in [9.17, 15) is 14.9 Å². The number of nitrogens with one attached hydrogen (secondary N) is 1. The van der Waals surface area contributed by atoms with Gasteiger partial charge in [-0.15, -0.1) is 0 Å². The van der Waals surface area contributed by atoms with E-state index in [1.807, 2.05) is 24.3 Å². The van der Waals surface area contributed by atoms with E-state index in [0.717, 1.165) is 30.8 Å². The third-order valence-corrected chi connectivity index (χ3v) is 4.79. The monoisotopic (exact) mass is 401 g/mol. The number of methoxy groups -OCH3 is 2. The van der Waals surface area contributed by atoms with Gasteiger partial charge in [-0.05, 0) is 24.2 Å². The fourth-order valence-corrected chi connectivity index (χ4v) is 3.04. The molecule has 0 fully saturated rings. The van der Waals surface area contributed by atoms with Crippen molar-refractivity contribution >= 4 is 11.6 Å². The largest absolute Gasteiger partial charge is 0.493 e. The predicted molar refractivity (Wildman–Crippen MR) is 110 cm³/mol. The van der Waals surface area contributed by atoms with Crippen molar-refractivity contribution in [3.05, 3.63) is 63.2 Å². The Morgan fingerprint density at radius 2 is 1.66 bits per heavy atom. The minimum Gasteiger partial charge on any atom is -0.493 e.